The lowest BCUT2D eigenvalue weighted by molar-refractivity contribution is 0.375. The number of anilines is 1. The Labute approximate surface area is 103 Å². The lowest BCUT2D eigenvalue weighted by atomic mass is 9.93. The van der Waals surface area contributed by atoms with E-state index in [4.69, 9.17) is 4.74 Å². The molecule has 2 aliphatic rings. The van der Waals surface area contributed by atoms with E-state index in [0.717, 1.165) is 24.3 Å². The highest BCUT2D eigenvalue weighted by atomic mass is 16.5. The molecule has 17 heavy (non-hydrogen) atoms. The molecule has 2 unspecified atom stereocenters. The molecule has 3 heteroatoms. The molecule has 1 aromatic carbocycles. The molecule has 2 fully saturated rings. The number of hydrogen-bond donors (Lipinski definition) is 1. The van der Waals surface area contributed by atoms with Crippen molar-refractivity contribution in [1.29, 1.82) is 0 Å². The number of ether oxygens (including phenoxy) is 1. The van der Waals surface area contributed by atoms with Crippen LogP contribution in [0.2, 0.25) is 0 Å². The molecule has 2 atom stereocenters. The van der Waals surface area contributed by atoms with Crippen LogP contribution in [0.1, 0.15) is 12.8 Å². The Kier molecular flexibility index (Phi) is 2.93. The quantitative estimate of drug-likeness (QED) is 0.842. The van der Waals surface area contributed by atoms with Gasteiger partial charge in [0, 0.05) is 30.9 Å². The zero-order valence-corrected chi connectivity index (χ0v) is 10.4. The van der Waals surface area contributed by atoms with E-state index in [0.29, 0.717) is 0 Å². The predicted molar refractivity (Wildman–Crippen MR) is 69.7 cm³/mol. The summed E-state index contributed by atoms with van der Waals surface area (Å²) in [7, 11) is 1.73. The average molecular weight is 232 g/mol. The van der Waals surface area contributed by atoms with Crippen LogP contribution in [-0.2, 0) is 0 Å². The Hall–Kier alpha value is -1.22. The summed E-state index contributed by atoms with van der Waals surface area (Å²) in [5.74, 6) is 1.78. The number of piperidine rings is 1. The first-order valence-electron chi connectivity index (χ1n) is 6.49. The predicted octanol–water partition coefficient (Wildman–Crippen LogP) is 1.88. The number of rotatable bonds is 2. The summed E-state index contributed by atoms with van der Waals surface area (Å²) in [5, 5.41) is 3.60. The summed E-state index contributed by atoms with van der Waals surface area (Å²) in [6.07, 6.45) is 2.59. The Morgan fingerprint density at radius 1 is 1.35 bits per heavy atom. The SMILES string of the molecule is COc1cccc(N2CCC3NCCC3C2)c1. The van der Waals surface area contributed by atoms with Crippen molar-refractivity contribution in [1.82, 2.24) is 5.32 Å². The van der Waals surface area contributed by atoms with Crippen molar-refractivity contribution >= 4 is 5.69 Å². The minimum absolute atomic E-state index is 0.761. The van der Waals surface area contributed by atoms with E-state index < -0.39 is 0 Å². The largest absolute Gasteiger partial charge is 0.497 e. The molecule has 3 nitrogen and oxygen atoms in total. The van der Waals surface area contributed by atoms with Gasteiger partial charge in [0.15, 0.2) is 0 Å². The molecule has 0 saturated carbocycles. The van der Waals surface area contributed by atoms with Crippen LogP contribution in [0, 0.1) is 5.92 Å². The van der Waals surface area contributed by atoms with Crippen molar-refractivity contribution in [3.8, 4) is 5.75 Å². The summed E-state index contributed by atoms with van der Waals surface area (Å²) in [5.41, 5.74) is 1.30. The lowest BCUT2D eigenvalue weighted by Gasteiger charge is -2.36. The van der Waals surface area contributed by atoms with E-state index in [1.54, 1.807) is 7.11 Å². The minimum Gasteiger partial charge on any atom is -0.497 e. The Balaban J connectivity index is 1.75. The first kappa shape index (κ1) is 10.9. The van der Waals surface area contributed by atoms with Crippen LogP contribution < -0.4 is 15.0 Å². The van der Waals surface area contributed by atoms with Gasteiger partial charge in [-0.1, -0.05) is 6.07 Å². The van der Waals surface area contributed by atoms with E-state index in [9.17, 15) is 0 Å². The van der Waals surface area contributed by atoms with Crippen LogP contribution in [0.4, 0.5) is 5.69 Å². The van der Waals surface area contributed by atoms with Crippen LogP contribution in [0.3, 0.4) is 0 Å². The van der Waals surface area contributed by atoms with Crippen LogP contribution in [0.5, 0.6) is 5.75 Å². The summed E-state index contributed by atoms with van der Waals surface area (Å²) < 4.78 is 5.29. The van der Waals surface area contributed by atoms with Gasteiger partial charge < -0.3 is 15.0 Å². The average Bonchev–Trinajstić information content (AvgIpc) is 2.86. The second-order valence-corrected chi connectivity index (χ2v) is 5.05. The second-order valence-electron chi connectivity index (χ2n) is 5.05. The van der Waals surface area contributed by atoms with Crippen LogP contribution in [-0.4, -0.2) is 32.8 Å². The van der Waals surface area contributed by atoms with E-state index >= 15 is 0 Å². The van der Waals surface area contributed by atoms with Gasteiger partial charge in [-0.05, 0) is 37.4 Å². The third-order valence-corrected chi connectivity index (χ3v) is 4.07. The minimum atomic E-state index is 0.761. The van der Waals surface area contributed by atoms with Gasteiger partial charge in [-0.15, -0.1) is 0 Å². The van der Waals surface area contributed by atoms with Gasteiger partial charge in [-0.3, -0.25) is 0 Å². The zero-order chi connectivity index (χ0) is 11.7. The lowest BCUT2D eigenvalue weighted by Crippen LogP contribution is -2.44. The Morgan fingerprint density at radius 3 is 3.18 bits per heavy atom. The molecule has 2 aliphatic heterocycles. The van der Waals surface area contributed by atoms with Gasteiger partial charge in [0.1, 0.15) is 5.75 Å². The maximum absolute atomic E-state index is 5.29. The van der Waals surface area contributed by atoms with Crippen molar-refractivity contribution in [3.63, 3.8) is 0 Å². The fourth-order valence-corrected chi connectivity index (χ4v) is 3.09. The van der Waals surface area contributed by atoms with Gasteiger partial charge in [0.2, 0.25) is 0 Å². The third-order valence-electron chi connectivity index (χ3n) is 4.07. The highest BCUT2D eigenvalue weighted by Crippen LogP contribution is 2.29. The van der Waals surface area contributed by atoms with Gasteiger partial charge in [-0.2, -0.15) is 0 Å². The number of hydrogen-bond acceptors (Lipinski definition) is 3. The molecule has 2 heterocycles. The molecule has 0 bridgehead atoms. The van der Waals surface area contributed by atoms with Crippen molar-refractivity contribution < 1.29 is 4.74 Å². The van der Waals surface area contributed by atoms with Crippen molar-refractivity contribution in [2.45, 2.75) is 18.9 Å². The molecule has 0 amide bonds. The molecular formula is C14H20N2O. The smallest absolute Gasteiger partial charge is 0.120 e. The van der Waals surface area contributed by atoms with Crippen LogP contribution >= 0.6 is 0 Å². The van der Waals surface area contributed by atoms with Crippen molar-refractivity contribution in [2.75, 3.05) is 31.6 Å². The number of nitrogens with zero attached hydrogens (tertiary/aromatic N) is 1. The van der Waals surface area contributed by atoms with E-state index in [1.165, 1.54) is 31.6 Å². The first-order valence-corrected chi connectivity index (χ1v) is 6.49. The number of nitrogens with one attached hydrogen (secondary N) is 1. The normalized spacial score (nSPS) is 27.9. The van der Waals surface area contributed by atoms with Crippen molar-refractivity contribution in [3.05, 3.63) is 24.3 Å². The molecule has 1 aromatic rings. The molecule has 0 aliphatic carbocycles. The number of fused-ring (bicyclic) bond motifs is 1. The molecule has 0 radical (unpaired) electrons. The van der Waals surface area contributed by atoms with Crippen LogP contribution in [0.25, 0.3) is 0 Å². The molecular weight excluding hydrogens is 212 g/mol. The van der Waals surface area contributed by atoms with E-state index in [-0.39, 0.29) is 0 Å². The summed E-state index contributed by atoms with van der Waals surface area (Å²) in [6.45, 7) is 3.54. The van der Waals surface area contributed by atoms with E-state index in [2.05, 4.69) is 28.4 Å². The molecule has 0 aromatic heterocycles. The molecule has 1 N–H and O–H groups in total. The fourth-order valence-electron chi connectivity index (χ4n) is 3.09. The topological polar surface area (TPSA) is 24.5 Å². The highest BCUT2D eigenvalue weighted by Gasteiger charge is 2.32. The zero-order valence-electron chi connectivity index (χ0n) is 10.4. The second kappa shape index (κ2) is 4.57. The first-order chi connectivity index (χ1) is 8.36. The van der Waals surface area contributed by atoms with Crippen molar-refractivity contribution in [2.24, 2.45) is 5.92 Å². The molecule has 3 rings (SSSR count). The summed E-state index contributed by atoms with van der Waals surface area (Å²) in [4.78, 5) is 2.50. The summed E-state index contributed by atoms with van der Waals surface area (Å²) >= 11 is 0. The van der Waals surface area contributed by atoms with Gasteiger partial charge >= 0.3 is 0 Å². The Morgan fingerprint density at radius 2 is 2.29 bits per heavy atom. The number of methoxy groups -OCH3 is 1. The Bertz CT molecular complexity index is 394. The van der Waals surface area contributed by atoms with Gasteiger partial charge in [-0.25, -0.2) is 0 Å². The standard InChI is InChI=1S/C14H20N2O/c1-17-13-4-2-3-12(9-13)16-8-6-14-11(10-16)5-7-15-14/h2-4,9,11,14-15H,5-8,10H2,1H3. The van der Waals surface area contributed by atoms with Crippen LogP contribution in [0.15, 0.2) is 24.3 Å². The summed E-state index contributed by atoms with van der Waals surface area (Å²) in [6, 6.07) is 9.17. The van der Waals surface area contributed by atoms with Gasteiger partial charge in [0.05, 0.1) is 7.11 Å². The fraction of sp³-hybridized carbons (Fsp3) is 0.571. The van der Waals surface area contributed by atoms with E-state index in [1.807, 2.05) is 6.07 Å². The maximum atomic E-state index is 5.29. The maximum Gasteiger partial charge on any atom is 0.120 e. The van der Waals surface area contributed by atoms with Gasteiger partial charge in [0.25, 0.3) is 0 Å². The molecule has 0 spiro atoms. The molecule has 2 saturated heterocycles. The monoisotopic (exact) mass is 232 g/mol. The molecule has 92 valence electrons. The third kappa shape index (κ3) is 2.12. The number of benzene rings is 1. The highest BCUT2D eigenvalue weighted by molar-refractivity contribution is 5.51.